The molecule has 0 spiro atoms. The van der Waals surface area contributed by atoms with Crippen LogP contribution in [-0.2, 0) is 0 Å². The summed E-state index contributed by atoms with van der Waals surface area (Å²) in [5, 5.41) is 8.93. The highest BCUT2D eigenvalue weighted by molar-refractivity contribution is 6.31. The van der Waals surface area contributed by atoms with E-state index in [9.17, 15) is 13.9 Å². The van der Waals surface area contributed by atoms with Gasteiger partial charge in [-0.3, -0.25) is 0 Å². The van der Waals surface area contributed by atoms with E-state index in [0.29, 0.717) is 5.02 Å². The lowest BCUT2D eigenvalue weighted by Gasteiger charge is -2.08. The quantitative estimate of drug-likeness (QED) is 0.833. The lowest BCUT2D eigenvalue weighted by atomic mass is 10.1. The first-order chi connectivity index (χ1) is 6.52. The molecule has 1 rings (SSSR count). The van der Waals surface area contributed by atoms with Crippen LogP contribution in [0.25, 0.3) is 0 Å². The average Bonchev–Trinajstić information content (AvgIpc) is 2.16. The second-order valence-corrected chi connectivity index (χ2v) is 3.41. The van der Waals surface area contributed by atoms with E-state index in [2.05, 4.69) is 0 Å². The van der Waals surface area contributed by atoms with E-state index < -0.39 is 17.2 Å². The zero-order valence-electron chi connectivity index (χ0n) is 6.85. The standard InChI is InChI=1S/C9H6Cl2F2O/c10-6-3-1-5(2-4-6)8(14)7(11)9(12)13/h1-4,8,14H. The molecule has 0 aliphatic heterocycles. The topological polar surface area (TPSA) is 20.2 Å². The third-order valence-corrected chi connectivity index (χ3v) is 2.21. The van der Waals surface area contributed by atoms with E-state index in [1.807, 2.05) is 0 Å². The van der Waals surface area contributed by atoms with Gasteiger partial charge in [-0.2, -0.15) is 8.78 Å². The van der Waals surface area contributed by atoms with E-state index in [1.54, 1.807) is 0 Å². The summed E-state index contributed by atoms with van der Waals surface area (Å²) in [4.78, 5) is 0. The number of hydrogen-bond donors (Lipinski definition) is 1. The van der Waals surface area contributed by atoms with E-state index in [4.69, 9.17) is 23.2 Å². The van der Waals surface area contributed by atoms with Crippen LogP contribution < -0.4 is 0 Å². The highest BCUT2D eigenvalue weighted by atomic mass is 35.5. The van der Waals surface area contributed by atoms with E-state index in [-0.39, 0.29) is 5.56 Å². The molecule has 1 atom stereocenters. The maximum absolute atomic E-state index is 12.0. The van der Waals surface area contributed by atoms with E-state index in [0.717, 1.165) is 0 Å². The summed E-state index contributed by atoms with van der Waals surface area (Å²) in [5.41, 5.74) is 0.271. The second-order valence-electron chi connectivity index (χ2n) is 2.56. The molecule has 0 aliphatic carbocycles. The van der Waals surface area contributed by atoms with Crippen LogP contribution in [0.2, 0.25) is 5.02 Å². The van der Waals surface area contributed by atoms with E-state index >= 15 is 0 Å². The molecular formula is C9H6Cl2F2O. The van der Waals surface area contributed by atoms with Gasteiger partial charge in [-0.25, -0.2) is 0 Å². The van der Waals surface area contributed by atoms with Crippen molar-refractivity contribution in [2.75, 3.05) is 0 Å². The molecule has 0 aromatic heterocycles. The fraction of sp³-hybridized carbons (Fsp3) is 0.111. The molecule has 1 aromatic carbocycles. The summed E-state index contributed by atoms with van der Waals surface area (Å²) in [6.45, 7) is 0. The van der Waals surface area contributed by atoms with Crippen molar-refractivity contribution >= 4 is 23.2 Å². The van der Waals surface area contributed by atoms with Crippen LogP contribution in [0, 0.1) is 0 Å². The molecule has 0 fully saturated rings. The largest absolute Gasteiger partial charge is 0.383 e. The second kappa shape index (κ2) is 4.73. The van der Waals surface area contributed by atoms with Crippen molar-refractivity contribution in [3.63, 3.8) is 0 Å². The highest BCUT2D eigenvalue weighted by Gasteiger charge is 2.16. The van der Waals surface area contributed by atoms with Crippen molar-refractivity contribution in [1.82, 2.24) is 0 Å². The van der Waals surface area contributed by atoms with Crippen LogP contribution in [0.15, 0.2) is 35.4 Å². The number of aliphatic hydroxyl groups is 1. The van der Waals surface area contributed by atoms with Crippen molar-refractivity contribution in [1.29, 1.82) is 0 Å². The molecule has 0 heterocycles. The van der Waals surface area contributed by atoms with Crippen LogP contribution in [0.1, 0.15) is 11.7 Å². The Morgan fingerprint density at radius 3 is 2.14 bits per heavy atom. The van der Waals surface area contributed by atoms with Gasteiger partial charge >= 0.3 is 0 Å². The summed E-state index contributed by atoms with van der Waals surface area (Å²) in [5.74, 6) is 0. The zero-order chi connectivity index (χ0) is 10.7. The first kappa shape index (κ1) is 11.4. The van der Waals surface area contributed by atoms with Gasteiger partial charge in [0.1, 0.15) is 11.1 Å². The van der Waals surface area contributed by atoms with Crippen LogP contribution in [-0.4, -0.2) is 5.11 Å². The van der Waals surface area contributed by atoms with Crippen LogP contribution >= 0.6 is 23.2 Å². The SMILES string of the molecule is OC(C(Cl)=C(F)F)c1ccc(Cl)cc1. The molecule has 0 aliphatic rings. The minimum Gasteiger partial charge on any atom is -0.383 e. The molecule has 0 saturated carbocycles. The van der Waals surface area contributed by atoms with Gasteiger partial charge in [0.2, 0.25) is 0 Å². The summed E-state index contributed by atoms with van der Waals surface area (Å²) < 4.78 is 24.0. The third-order valence-electron chi connectivity index (χ3n) is 1.61. The Labute approximate surface area is 89.6 Å². The molecule has 1 aromatic rings. The van der Waals surface area contributed by atoms with Crippen LogP contribution in [0.4, 0.5) is 8.78 Å². The molecule has 14 heavy (non-hydrogen) atoms. The van der Waals surface area contributed by atoms with Gasteiger partial charge in [0.05, 0.1) is 0 Å². The smallest absolute Gasteiger partial charge is 0.287 e. The average molecular weight is 239 g/mol. The van der Waals surface area contributed by atoms with Gasteiger partial charge in [-0.1, -0.05) is 35.3 Å². The fourth-order valence-electron chi connectivity index (χ4n) is 0.895. The maximum atomic E-state index is 12.0. The van der Waals surface area contributed by atoms with Crippen molar-refractivity contribution in [2.45, 2.75) is 6.10 Å². The Hall–Kier alpha value is -0.640. The normalized spacial score (nSPS) is 12.4. The molecule has 1 N–H and O–H groups in total. The Morgan fingerprint density at radius 2 is 1.71 bits per heavy atom. The number of halogens is 4. The first-order valence-electron chi connectivity index (χ1n) is 3.66. The summed E-state index contributed by atoms with van der Waals surface area (Å²) in [6.07, 6.45) is -3.59. The minimum absolute atomic E-state index is 0.271. The number of aliphatic hydroxyl groups excluding tert-OH is 1. The fourth-order valence-corrected chi connectivity index (χ4v) is 1.15. The maximum Gasteiger partial charge on any atom is 0.287 e. The molecule has 0 bridgehead atoms. The molecule has 0 saturated heterocycles. The van der Waals surface area contributed by atoms with Crippen molar-refractivity contribution in [3.8, 4) is 0 Å². The summed E-state index contributed by atoms with van der Waals surface area (Å²) in [7, 11) is 0. The lowest BCUT2D eigenvalue weighted by Crippen LogP contribution is -1.97. The van der Waals surface area contributed by atoms with Crippen molar-refractivity contribution in [3.05, 3.63) is 46.0 Å². The molecule has 1 nitrogen and oxygen atoms in total. The molecule has 76 valence electrons. The van der Waals surface area contributed by atoms with Crippen molar-refractivity contribution in [2.24, 2.45) is 0 Å². The third kappa shape index (κ3) is 2.67. The Kier molecular flexibility index (Phi) is 3.86. The zero-order valence-corrected chi connectivity index (χ0v) is 8.36. The van der Waals surface area contributed by atoms with Crippen LogP contribution in [0.5, 0.6) is 0 Å². The van der Waals surface area contributed by atoms with Gasteiger partial charge in [0.25, 0.3) is 6.08 Å². The van der Waals surface area contributed by atoms with Gasteiger partial charge in [-0.05, 0) is 17.7 Å². The molecule has 1 unspecified atom stereocenters. The first-order valence-corrected chi connectivity index (χ1v) is 4.42. The molecule has 0 amide bonds. The number of benzene rings is 1. The Morgan fingerprint density at radius 1 is 1.21 bits per heavy atom. The summed E-state index contributed by atoms with van der Waals surface area (Å²) in [6, 6.07) is 5.83. The molecule has 5 heteroatoms. The lowest BCUT2D eigenvalue weighted by molar-refractivity contribution is 0.214. The Balaban J connectivity index is 2.96. The van der Waals surface area contributed by atoms with Gasteiger partial charge in [0, 0.05) is 5.02 Å². The van der Waals surface area contributed by atoms with Gasteiger partial charge in [-0.15, -0.1) is 0 Å². The van der Waals surface area contributed by atoms with Crippen molar-refractivity contribution < 1.29 is 13.9 Å². The minimum atomic E-state index is -2.09. The molecule has 0 radical (unpaired) electrons. The van der Waals surface area contributed by atoms with Gasteiger partial charge < -0.3 is 5.11 Å². The summed E-state index contributed by atoms with van der Waals surface area (Å²) >= 11 is 10.8. The highest BCUT2D eigenvalue weighted by Crippen LogP contribution is 2.29. The molecular weight excluding hydrogens is 233 g/mol. The van der Waals surface area contributed by atoms with Gasteiger partial charge in [0.15, 0.2) is 0 Å². The predicted molar refractivity (Wildman–Crippen MR) is 51.5 cm³/mol. The van der Waals surface area contributed by atoms with E-state index in [1.165, 1.54) is 24.3 Å². The van der Waals surface area contributed by atoms with Crippen LogP contribution in [0.3, 0.4) is 0 Å². The number of rotatable bonds is 2. The monoisotopic (exact) mass is 238 g/mol. The Bertz CT molecular complexity index is 344. The predicted octanol–water partition coefficient (Wildman–Crippen LogP) is 3.72. The number of hydrogen-bond acceptors (Lipinski definition) is 1.